The van der Waals surface area contributed by atoms with Crippen LogP contribution in [0.25, 0.3) is 0 Å². The van der Waals surface area contributed by atoms with Crippen molar-refractivity contribution in [3.63, 3.8) is 0 Å². The third kappa shape index (κ3) is 7.15. The van der Waals surface area contributed by atoms with Crippen LogP contribution >= 0.6 is 34.4 Å². The van der Waals surface area contributed by atoms with E-state index in [2.05, 4.69) is 57.3 Å². The average molecular weight is 495 g/mol. The Bertz CT molecular complexity index is 1080. The van der Waals surface area contributed by atoms with Crippen LogP contribution in [0, 0.1) is 0 Å². The van der Waals surface area contributed by atoms with Gasteiger partial charge < -0.3 is 10.2 Å². The molecular formula is C25H26N4OS3. The van der Waals surface area contributed by atoms with Crippen molar-refractivity contribution in [2.45, 2.75) is 36.0 Å². The fraction of sp³-hybridized carbons (Fsp3) is 0.240. The lowest BCUT2D eigenvalue weighted by Crippen LogP contribution is -2.35. The first-order chi connectivity index (χ1) is 16.2. The Morgan fingerprint density at radius 3 is 2.24 bits per heavy atom. The molecule has 1 atom stereocenters. The Hall–Kier alpha value is -2.68. The van der Waals surface area contributed by atoms with Gasteiger partial charge in [-0.1, -0.05) is 89.8 Å². The first kappa shape index (κ1) is 23.5. The molecule has 0 aliphatic heterocycles. The molecule has 8 heteroatoms. The molecule has 0 aliphatic rings. The van der Waals surface area contributed by atoms with Crippen LogP contribution in [0.4, 0.5) is 5.13 Å². The number of rotatable bonds is 11. The van der Waals surface area contributed by atoms with Gasteiger partial charge in [0.25, 0.3) is 0 Å². The molecule has 4 aromatic rings. The number of nitrogens with one attached hydrogen (secondary N) is 1. The summed E-state index contributed by atoms with van der Waals surface area (Å²) in [7, 11) is 0. The maximum atomic E-state index is 13.4. The van der Waals surface area contributed by atoms with Crippen molar-refractivity contribution in [1.29, 1.82) is 0 Å². The van der Waals surface area contributed by atoms with Crippen molar-refractivity contribution in [2.75, 3.05) is 11.9 Å². The number of carbonyl (C=O) groups excluding carboxylic acids is 1. The molecule has 2 heterocycles. The SMILES string of the molecule is CC(Sc1nnc(NCCc2cccs2)s1)C(=O)N(Cc1ccccc1)Cc1ccccc1. The number of carbonyl (C=O) groups is 1. The molecule has 0 spiro atoms. The zero-order chi connectivity index (χ0) is 22.9. The van der Waals surface area contributed by atoms with Crippen molar-refractivity contribution >= 4 is 45.5 Å². The van der Waals surface area contributed by atoms with E-state index in [1.54, 1.807) is 11.3 Å². The quantitative estimate of drug-likeness (QED) is 0.261. The minimum absolute atomic E-state index is 0.0927. The molecule has 0 fully saturated rings. The molecule has 33 heavy (non-hydrogen) atoms. The van der Waals surface area contributed by atoms with Crippen molar-refractivity contribution in [1.82, 2.24) is 15.1 Å². The number of aromatic nitrogens is 2. The van der Waals surface area contributed by atoms with E-state index < -0.39 is 0 Å². The Morgan fingerprint density at radius 2 is 1.64 bits per heavy atom. The van der Waals surface area contributed by atoms with Gasteiger partial charge in [-0.15, -0.1) is 21.5 Å². The highest BCUT2D eigenvalue weighted by atomic mass is 32.2. The summed E-state index contributed by atoms with van der Waals surface area (Å²) in [6.45, 7) is 3.91. The number of benzene rings is 2. The molecule has 0 radical (unpaired) electrons. The van der Waals surface area contributed by atoms with Gasteiger partial charge in [0.1, 0.15) is 0 Å². The highest BCUT2D eigenvalue weighted by molar-refractivity contribution is 8.02. The fourth-order valence-electron chi connectivity index (χ4n) is 3.35. The Morgan fingerprint density at radius 1 is 0.970 bits per heavy atom. The number of thioether (sulfide) groups is 1. The molecule has 2 aromatic carbocycles. The normalized spacial score (nSPS) is 11.8. The smallest absolute Gasteiger partial charge is 0.236 e. The summed E-state index contributed by atoms with van der Waals surface area (Å²) in [6, 6.07) is 24.4. The van der Waals surface area contributed by atoms with E-state index in [-0.39, 0.29) is 11.2 Å². The van der Waals surface area contributed by atoms with Crippen molar-refractivity contribution in [3.8, 4) is 0 Å². The molecule has 0 aliphatic carbocycles. The van der Waals surface area contributed by atoms with E-state index in [4.69, 9.17) is 0 Å². The second-order valence-corrected chi connectivity index (χ2v) is 11.2. The maximum Gasteiger partial charge on any atom is 0.236 e. The fourth-order valence-corrected chi connectivity index (χ4v) is 6.07. The second-order valence-electron chi connectivity index (χ2n) is 7.55. The number of nitrogens with zero attached hydrogens (tertiary/aromatic N) is 3. The third-order valence-electron chi connectivity index (χ3n) is 5.00. The van der Waals surface area contributed by atoms with Crippen LogP contribution in [0.1, 0.15) is 22.9 Å². The Kier molecular flexibility index (Phi) is 8.52. The van der Waals surface area contributed by atoms with Gasteiger partial charge >= 0.3 is 0 Å². The maximum absolute atomic E-state index is 13.4. The summed E-state index contributed by atoms with van der Waals surface area (Å²) in [5.41, 5.74) is 2.24. The van der Waals surface area contributed by atoms with Gasteiger partial charge in [0.2, 0.25) is 11.0 Å². The van der Waals surface area contributed by atoms with Crippen LogP contribution in [0.5, 0.6) is 0 Å². The van der Waals surface area contributed by atoms with E-state index in [0.717, 1.165) is 33.6 Å². The van der Waals surface area contributed by atoms with Crippen LogP contribution in [-0.4, -0.2) is 32.8 Å². The lowest BCUT2D eigenvalue weighted by Gasteiger charge is -2.25. The lowest BCUT2D eigenvalue weighted by molar-refractivity contribution is -0.131. The van der Waals surface area contributed by atoms with Gasteiger partial charge in [-0.3, -0.25) is 4.79 Å². The lowest BCUT2D eigenvalue weighted by atomic mass is 10.1. The minimum atomic E-state index is -0.260. The zero-order valence-electron chi connectivity index (χ0n) is 18.4. The number of thiophene rings is 1. The predicted molar refractivity (Wildman–Crippen MR) is 139 cm³/mol. The van der Waals surface area contributed by atoms with Gasteiger partial charge in [0.15, 0.2) is 4.34 Å². The van der Waals surface area contributed by atoms with Gasteiger partial charge in [-0.2, -0.15) is 0 Å². The number of anilines is 1. The first-order valence-corrected chi connectivity index (χ1v) is 13.4. The molecule has 0 bridgehead atoms. The van der Waals surface area contributed by atoms with E-state index in [0.29, 0.717) is 13.1 Å². The van der Waals surface area contributed by atoms with Crippen molar-refractivity contribution in [2.24, 2.45) is 0 Å². The van der Waals surface area contributed by atoms with Crippen LogP contribution in [0.2, 0.25) is 0 Å². The summed E-state index contributed by atoms with van der Waals surface area (Å²) in [4.78, 5) is 16.7. The van der Waals surface area contributed by atoms with Crippen LogP contribution in [0.3, 0.4) is 0 Å². The summed E-state index contributed by atoms with van der Waals surface area (Å²) in [6.07, 6.45) is 0.961. The van der Waals surface area contributed by atoms with Crippen LogP contribution < -0.4 is 5.32 Å². The van der Waals surface area contributed by atoms with E-state index in [9.17, 15) is 4.79 Å². The van der Waals surface area contributed by atoms with Crippen LogP contribution in [-0.2, 0) is 24.3 Å². The summed E-state index contributed by atoms with van der Waals surface area (Å²) in [5.74, 6) is 0.0927. The average Bonchev–Trinajstić information content (AvgIpc) is 3.52. The molecule has 1 N–H and O–H groups in total. The van der Waals surface area contributed by atoms with Gasteiger partial charge in [-0.25, -0.2) is 0 Å². The Labute approximate surface area is 206 Å². The highest BCUT2D eigenvalue weighted by Gasteiger charge is 2.23. The van der Waals surface area contributed by atoms with Gasteiger partial charge in [-0.05, 0) is 35.9 Å². The molecule has 1 amide bonds. The summed E-state index contributed by atoms with van der Waals surface area (Å²) in [5, 5.41) is 14.5. The first-order valence-electron chi connectivity index (χ1n) is 10.8. The Balaban J connectivity index is 1.36. The molecule has 0 saturated heterocycles. The molecule has 0 saturated carbocycles. The van der Waals surface area contributed by atoms with Gasteiger partial charge in [0, 0.05) is 24.5 Å². The largest absolute Gasteiger partial charge is 0.360 e. The van der Waals surface area contributed by atoms with E-state index in [1.165, 1.54) is 28.0 Å². The molecule has 170 valence electrons. The standard InChI is InChI=1S/C25H26N4OS3/c1-19(32-25-28-27-24(33-25)26-15-14-22-13-8-16-31-22)23(30)29(17-20-9-4-2-5-10-20)18-21-11-6-3-7-12-21/h2-13,16,19H,14-15,17-18H2,1H3,(H,26,27). The zero-order valence-corrected chi connectivity index (χ0v) is 20.8. The highest BCUT2D eigenvalue weighted by Crippen LogP contribution is 2.30. The minimum Gasteiger partial charge on any atom is -0.360 e. The molecule has 4 rings (SSSR count). The van der Waals surface area contributed by atoms with E-state index in [1.807, 2.05) is 48.2 Å². The predicted octanol–water partition coefficient (Wildman–Crippen LogP) is 5.96. The molecule has 5 nitrogen and oxygen atoms in total. The topological polar surface area (TPSA) is 58.1 Å². The molecule has 1 unspecified atom stereocenters. The summed E-state index contributed by atoms with van der Waals surface area (Å²) >= 11 is 4.73. The van der Waals surface area contributed by atoms with E-state index >= 15 is 0 Å². The van der Waals surface area contributed by atoms with Gasteiger partial charge in [0.05, 0.1) is 5.25 Å². The third-order valence-corrected chi connectivity index (χ3v) is 7.99. The van der Waals surface area contributed by atoms with Crippen molar-refractivity contribution < 1.29 is 4.79 Å². The second kappa shape index (κ2) is 12.0. The van der Waals surface area contributed by atoms with Crippen LogP contribution in [0.15, 0.2) is 82.5 Å². The molecule has 2 aromatic heterocycles. The summed E-state index contributed by atoms with van der Waals surface area (Å²) < 4.78 is 0.800. The number of amides is 1. The van der Waals surface area contributed by atoms with Crippen molar-refractivity contribution in [3.05, 3.63) is 94.2 Å². The monoisotopic (exact) mass is 494 g/mol. The molecular weight excluding hydrogens is 469 g/mol. The number of hydrogen-bond acceptors (Lipinski definition) is 7. The number of hydrogen-bond donors (Lipinski definition) is 1.